The van der Waals surface area contributed by atoms with Gasteiger partial charge in [-0.05, 0) is 39.7 Å². The first-order chi connectivity index (χ1) is 12.4. The number of aliphatic hydroxyl groups excluding tert-OH is 1. The van der Waals surface area contributed by atoms with E-state index in [9.17, 15) is 14.7 Å². The molecule has 1 fully saturated rings. The Morgan fingerprint density at radius 3 is 2.73 bits per heavy atom. The number of amides is 2. The van der Waals surface area contributed by atoms with Crippen molar-refractivity contribution in [1.82, 2.24) is 15.2 Å². The number of carbonyl (C=O) groups is 2. The third-order valence-electron chi connectivity index (χ3n) is 4.17. The smallest absolute Gasteiger partial charge is 0.256 e. The van der Waals surface area contributed by atoms with E-state index in [4.69, 9.17) is 11.6 Å². The van der Waals surface area contributed by atoms with Gasteiger partial charge in [0.2, 0.25) is 5.91 Å². The second kappa shape index (κ2) is 8.16. The first kappa shape index (κ1) is 18.8. The van der Waals surface area contributed by atoms with Crippen molar-refractivity contribution in [2.24, 2.45) is 0 Å². The van der Waals surface area contributed by atoms with Crippen LogP contribution in [0.25, 0.3) is 0 Å². The lowest BCUT2D eigenvalue weighted by atomic mass is 10.1. The van der Waals surface area contributed by atoms with Crippen LogP contribution in [0.1, 0.15) is 22.3 Å². The number of aromatic nitrogens is 1. The fourth-order valence-corrected chi connectivity index (χ4v) is 3.38. The standard InChI is InChI=1S/C18H17BrClN3O3/c19-13-5-12(8-21-9-13)18(26)23-10-15(24)6-16(23)17(25)22-7-11-1-3-14(20)4-2-11/h1-5,8-9,15-16,24H,6-7,10H2,(H,22,25). The summed E-state index contributed by atoms with van der Waals surface area (Å²) in [7, 11) is 0. The van der Waals surface area contributed by atoms with Crippen LogP contribution < -0.4 is 5.32 Å². The molecule has 1 saturated heterocycles. The molecule has 0 radical (unpaired) electrons. The highest BCUT2D eigenvalue weighted by molar-refractivity contribution is 9.10. The fraction of sp³-hybridized carbons (Fsp3) is 0.278. The molecule has 1 aromatic carbocycles. The first-order valence-electron chi connectivity index (χ1n) is 8.06. The van der Waals surface area contributed by atoms with Crippen LogP contribution in [0, 0.1) is 0 Å². The molecule has 2 unspecified atom stereocenters. The highest BCUT2D eigenvalue weighted by atomic mass is 79.9. The van der Waals surface area contributed by atoms with Gasteiger partial charge in [-0.3, -0.25) is 14.6 Å². The molecule has 2 amide bonds. The summed E-state index contributed by atoms with van der Waals surface area (Å²) in [5.74, 6) is -0.630. The summed E-state index contributed by atoms with van der Waals surface area (Å²) in [6, 6.07) is 8.06. The van der Waals surface area contributed by atoms with Crippen molar-refractivity contribution in [1.29, 1.82) is 0 Å². The Bertz CT molecular complexity index is 816. The van der Waals surface area contributed by atoms with Gasteiger partial charge in [-0.2, -0.15) is 0 Å². The SMILES string of the molecule is O=C(NCc1ccc(Cl)cc1)C1CC(O)CN1C(=O)c1cncc(Br)c1. The van der Waals surface area contributed by atoms with Crippen LogP contribution in [0.15, 0.2) is 47.2 Å². The molecule has 136 valence electrons. The minimum absolute atomic E-state index is 0.115. The van der Waals surface area contributed by atoms with Crippen molar-refractivity contribution in [3.8, 4) is 0 Å². The average molecular weight is 439 g/mol. The van der Waals surface area contributed by atoms with Gasteiger partial charge in [-0.1, -0.05) is 23.7 Å². The van der Waals surface area contributed by atoms with E-state index < -0.39 is 12.1 Å². The number of pyridine rings is 1. The number of likely N-dealkylation sites (tertiary alicyclic amines) is 1. The van der Waals surface area contributed by atoms with Gasteiger partial charge in [0.05, 0.1) is 11.7 Å². The molecule has 0 spiro atoms. The molecular formula is C18H17BrClN3O3. The van der Waals surface area contributed by atoms with E-state index in [-0.39, 0.29) is 24.8 Å². The Morgan fingerprint density at radius 2 is 2.04 bits per heavy atom. The van der Waals surface area contributed by atoms with Gasteiger partial charge in [0, 0.05) is 41.4 Å². The summed E-state index contributed by atoms with van der Waals surface area (Å²) in [6.45, 7) is 0.438. The normalized spacial score (nSPS) is 19.4. The van der Waals surface area contributed by atoms with Gasteiger partial charge >= 0.3 is 0 Å². The van der Waals surface area contributed by atoms with Crippen LogP contribution >= 0.6 is 27.5 Å². The average Bonchev–Trinajstić information content (AvgIpc) is 3.02. The number of β-amino-alcohol motifs (C(OH)–C–C–N with tert-alkyl or cyclic N) is 1. The predicted octanol–water partition coefficient (Wildman–Crippen LogP) is 2.39. The zero-order valence-corrected chi connectivity index (χ0v) is 16.1. The van der Waals surface area contributed by atoms with Gasteiger partial charge in [-0.25, -0.2) is 0 Å². The molecule has 1 aliphatic rings. The van der Waals surface area contributed by atoms with Crippen LogP contribution in [0.4, 0.5) is 0 Å². The number of hydrogen-bond acceptors (Lipinski definition) is 4. The first-order valence-corrected chi connectivity index (χ1v) is 9.23. The van der Waals surface area contributed by atoms with Crippen LogP contribution in [0.2, 0.25) is 5.02 Å². The maximum Gasteiger partial charge on any atom is 0.256 e. The largest absolute Gasteiger partial charge is 0.391 e. The van der Waals surface area contributed by atoms with Crippen LogP contribution in [0.5, 0.6) is 0 Å². The molecule has 1 aromatic heterocycles. The van der Waals surface area contributed by atoms with E-state index in [1.54, 1.807) is 24.4 Å². The summed E-state index contributed by atoms with van der Waals surface area (Å²) >= 11 is 9.13. The van der Waals surface area contributed by atoms with E-state index in [2.05, 4.69) is 26.2 Å². The second-order valence-electron chi connectivity index (χ2n) is 6.10. The third kappa shape index (κ3) is 4.41. The molecule has 2 aromatic rings. The summed E-state index contributed by atoms with van der Waals surface area (Å²) in [5, 5.41) is 13.4. The molecule has 26 heavy (non-hydrogen) atoms. The zero-order chi connectivity index (χ0) is 18.7. The third-order valence-corrected chi connectivity index (χ3v) is 4.86. The Labute approximate surface area is 164 Å². The van der Waals surface area contributed by atoms with Crippen molar-refractivity contribution in [3.63, 3.8) is 0 Å². The minimum atomic E-state index is -0.731. The van der Waals surface area contributed by atoms with E-state index >= 15 is 0 Å². The maximum atomic E-state index is 12.7. The lowest BCUT2D eigenvalue weighted by Gasteiger charge is -2.23. The molecule has 0 saturated carbocycles. The van der Waals surface area contributed by atoms with Gasteiger partial charge in [0.15, 0.2) is 0 Å². The van der Waals surface area contributed by atoms with E-state index in [0.29, 0.717) is 21.6 Å². The van der Waals surface area contributed by atoms with Gasteiger partial charge in [0.25, 0.3) is 5.91 Å². The molecular weight excluding hydrogens is 422 g/mol. The molecule has 6 nitrogen and oxygen atoms in total. The minimum Gasteiger partial charge on any atom is -0.391 e. The number of rotatable bonds is 4. The summed E-state index contributed by atoms with van der Waals surface area (Å²) in [6.07, 6.45) is 2.50. The lowest BCUT2D eigenvalue weighted by Crippen LogP contribution is -2.45. The monoisotopic (exact) mass is 437 g/mol. The lowest BCUT2D eigenvalue weighted by molar-refractivity contribution is -0.125. The molecule has 3 rings (SSSR count). The van der Waals surface area contributed by atoms with Gasteiger partial charge < -0.3 is 15.3 Å². The number of nitrogens with one attached hydrogen (secondary N) is 1. The molecule has 8 heteroatoms. The Balaban J connectivity index is 1.69. The van der Waals surface area contributed by atoms with Crippen molar-refractivity contribution in [2.75, 3.05) is 6.54 Å². The van der Waals surface area contributed by atoms with E-state index in [1.165, 1.54) is 11.1 Å². The molecule has 2 N–H and O–H groups in total. The number of halogens is 2. The topological polar surface area (TPSA) is 82.5 Å². The molecule has 0 bridgehead atoms. The summed E-state index contributed by atoms with van der Waals surface area (Å²) in [4.78, 5) is 30.7. The summed E-state index contributed by atoms with van der Waals surface area (Å²) < 4.78 is 0.673. The highest BCUT2D eigenvalue weighted by Gasteiger charge is 2.39. The van der Waals surface area contributed by atoms with Crippen LogP contribution in [0.3, 0.4) is 0 Å². The Morgan fingerprint density at radius 1 is 1.31 bits per heavy atom. The van der Waals surface area contributed by atoms with Gasteiger partial charge in [0.1, 0.15) is 6.04 Å². The predicted molar refractivity (Wildman–Crippen MR) is 101 cm³/mol. The molecule has 2 atom stereocenters. The highest BCUT2D eigenvalue weighted by Crippen LogP contribution is 2.22. The quantitative estimate of drug-likeness (QED) is 0.768. The molecule has 2 heterocycles. The fourth-order valence-electron chi connectivity index (χ4n) is 2.89. The number of carbonyl (C=O) groups excluding carboxylic acids is 2. The van der Waals surface area contributed by atoms with Crippen LogP contribution in [-0.2, 0) is 11.3 Å². The van der Waals surface area contributed by atoms with Crippen LogP contribution in [-0.4, -0.2) is 45.5 Å². The van der Waals surface area contributed by atoms with Crippen molar-refractivity contribution in [3.05, 3.63) is 63.3 Å². The zero-order valence-electron chi connectivity index (χ0n) is 13.7. The number of benzene rings is 1. The number of nitrogens with zero attached hydrogens (tertiary/aromatic N) is 2. The van der Waals surface area contributed by atoms with E-state index in [1.807, 2.05) is 12.1 Å². The maximum absolute atomic E-state index is 12.7. The number of hydrogen-bond donors (Lipinski definition) is 2. The van der Waals surface area contributed by atoms with Crippen molar-refractivity contribution < 1.29 is 14.7 Å². The van der Waals surface area contributed by atoms with Gasteiger partial charge in [-0.15, -0.1) is 0 Å². The molecule has 1 aliphatic heterocycles. The summed E-state index contributed by atoms with van der Waals surface area (Å²) in [5.41, 5.74) is 1.26. The second-order valence-corrected chi connectivity index (χ2v) is 7.45. The van der Waals surface area contributed by atoms with E-state index in [0.717, 1.165) is 5.56 Å². The van der Waals surface area contributed by atoms with Crippen molar-refractivity contribution in [2.45, 2.75) is 25.1 Å². The van der Waals surface area contributed by atoms with Crippen molar-refractivity contribution >= 4 is 39.3 Å². The molecule has 0 aliphatic carbocycles. The number of aliphatic hydroxyl groups is 1. The Kier molecular flexibility index (Phi) is 5.90. The Hall–Kier alpha value is -1.96.